The Labute approximate surface area is 111 Å². The van der Waals surface area contributed by atoms with Crippen LogP contribution < -0.4 is 0 Å². The Hall–Kier alpha value is -0.160. The van der Waals surface area contributed by atoms with E-state index in [2.05, 4.69) is 18.7 Å². The summed E-state index contributed by atoms with van der Waals surface area (Å²) < 4.78 is 4.92. The zero-order valence-corrected chi connectivity index (χ0v) is 12.2. The third kappa shape index (κ3) is 4.50. The summed E-state index contributed by atoms with van der Waals surface area (Å²) >= 11 is 0. The molecule has 0 spiro atoms. The molecular weight excluding hydrogens is 230 g/mol. The molecular formula is C14H29NO3. The maximum absolute atomic E-state index is 10.4. The van der Waals surface area contributed by atoms with Crippen molar-refractivity contribution < 1.29 is 14.9 Å². The van der Waals surface area contributed by atoms with E-state index in [0.717, 1.165) is 19.4 Å². The highest BCUT2D eigenvalue weighted by Gasteiger charge is 2.37. The zero-order chi connectivity index (χ0) is 13.8. The normalized spacial score (nSPS) is 29.5. The van der Waals surface area contributed by atoms with Crippen LogP contribution in [0, 0.1) is 11.3 Å². The number of rotatable bonds is 6. The minimum absolute atomic E-state index is 0.0227. The third-order valence-corrected chi connectivity index (χ3v) is 4.07. The average molecular weight is 259 g/mol. The van der Waals surface area contributed by atoms with Gasteiger partial charge in [0.05, 0.1) is 18.8 Å². The Balaban J connectivity index is 2.41. The van der Waals surface area contributed by atoms with E-state index in [9.17, 15) is 10.2 Å². The molecule has 0 aromatic heterocycles. The predicted octanol–water partition coefficient (Wildman–Crippen LogP) is 1.11. The smallest absolute Gasteiger partial charge is 0.0899 e. The lowest BCUT2D eigenvalue weighted by molar-refractivity contribution is -0.0454. The maximum Gasteiger partial charge on any atom is 0.0899 e. The van der Waals surface area contributed by atoms with Crippen LogP contribution in [-0.4, -0.2) is 61.2 Å². The van der Waals surface area contributed by atoms with Gasteiger partial charge in [-0.3, -0.25) is 0 Å². The SMILES string of the molecule is COCC(O)CN(C)CC1CCCC(C)(C)C1O. The Morgan fingerprint density at radius 2 is 2.11 bits per heavy atom. The molecule has 0 radical (unpaired) electrons. The molecule has 1 saturated carbocycles. The monoisotopic (exact) mass is 259 g/mol. The molecule has 108 valence electrons. The van der Waals surface area contributed by atoms with Crippen molar-refractivity contribution in [2.24, 2.45) is 11.3 Å². The van der Waals surface area contributed by atoms with Crippen molar-refractivity contribution in [2.75, 3.05) is 33.9 Å². The fourth-order valence-corrected chi connectivity index (χ4v) is 3.03. The molecule has 1 aliphatic rings. The van der Waals surface area contributed by atoms with E-state index in [1.54, 1.807) is 7.11 Å². The van der Waals surface area contributed by atoms with Crippen LogP contribution in [0.1, 0.15) is 33.1 Å². The van der Waals surface area contributed by atoms with Crippen molar-refractivity contribution in [3.63, 3.8) is 0 Å². The van der Waals surface area contributed by atoms with Crippen LogP contribution in [0.15, 0.2) is 0 Å². The zero-order valence-electron chi connectivity index (χ0n) is 12.2. The molecule has 1 aliphatic carbocycles. The van der Waals surface area contributed by atoms with E-state index in [0.29, 0.717) is 19.1 Å². The number of likely N-dealkylation sites (N-methyl/N-ethyl adjacent to an activating group) is 1. The first-order chi connectivity index (χ1) is 8.36. The molecule has 4 nitrogen and oxygen atoms in total. The first kappa shape index (κ1) is 15.9. The van der Waals surface area contributed by atoms with Gasteiger partial charge in [0.25, 0.3) is 0 Å². The van der Waals surface area contributed by atoms with Crippen LogP contribution in [0.2, 0.25) is 0 Å². The van der Waals surface area contributed by atoms with E-state index in [4.69, 9.17) is 4.74 Å². The highest BCUT2D eigenvalue weighted by molar-refractivity contribution is 4.89. The van der Waals surface area contributed by atoms with Crippen molar-refractivity contribution in [1.82, 2.24) is 4.90 Å². The van der Waals surface area contributed by atoms with E-state index < -0.39 is 6.10 Å². The van der Waals surface area contributed by atoms with Gasteiger partial charge in [-0.05, 0) is 31.2 Å². The molecule has 0 aromatic rings. The standard InChI is InChI=1S/C14H29NO3/c1-14(2)7-5-6-11(13(14)17)8-15(3)9-12(16)10-18-4/h11-13,16-17H,5-10H2,1-4H3. The summed E-state index contributed by atoms with van der Waals surface area (Å²) in [4.78, 5) is 2.10. The molecule has 1 rings (SSSR count). The van der Waals surface area contributed by atoms with Gasteiger partial charge in [0.15, 0.2) is 0 Å². The average Bonchev–Trinajstić information content (AvgIpc) is 2.25. The lowest BCUT2D eigenvalue weighted by Crippen LogP contribution is -2.45. The van der Waals surface area contributed by atoms with Crippen LogP contribution >= 0.6 is 0 Å². The summed E-state index contributed by atoms with van der Waals surface area (Å²) in [6.45, 7) is 6.08. The van der Waals surface area contributed by atoms with Gasteiger partial charge in [-0.15, -0.1) is 0 Å². The van der Waals surface area contributed by atoms with Crippen LogP contribution in [0.4, 0.5) is 0 Å². The number of hydrogen-bond acceptors (Lipinski definition) is 4. The van der Waals surface area contributed by atoms with E-state index >= 15 is 0 Å². The van der Waals surface area contributed by atoms with Gasteiger partial charge in [-0.2, -0.15) is 0 Å². The fraction of sp³-hybridized carbons (Fsp3) is 1.00. The molecule has 3 atom stereocenters. The van der Waals surface area contributed by atoms with Gasteiger partial charge < -0.3 is 19.8 Å². The Morgan fingerprint density at radius 1 is 1.44 bits per heavy atom. The Bertz CT molecular complexity index is 245. The minimum Gasteiger partial charge on any atom is -0.392 e. The van der Waals surface area contributed by atoms with Crippen LogP contribution in [0.25, 0.3) is 0 Å². The number of ether oxygens (including phenoxy) is 1. The summed E-state index contributed by atoms with van der Waals surface area (Å²) in [6, 6.07) is 0. The van der Waals surface area contributed by atoms with Crippen LogP contribution in [0.3, 0.4) is 0 Å². The molecule has 0 heterocycles. The molecule has 0 bridgehead atoms. The number of aliphatic hydroxyl groups excluding tert-OH is 2. The second-order valence-electron chi connectivity index (χ2n) is 6.42. The number of methoxy groups -OCH3 is 1. The van der Waals surface area contributed by atoms with Crippen molar-refractivity contribution in [3.8, 4) is 0 Å². The number of aliphatic hydroxyl groups is 2. The Kier molecular flexibility index (Phi) is 6.05. The summed E-state index contributed by atoms with van der Waals surface area (Å²) in [5.41, 5.74) is 0.0227. The summed E-state index contributed by atoms with van der Waals surface area (Å²) in [5, 5.41) is 20.1. The summed E-state index contributed by atoms with van der Waals surface area (Å²) in [5.74, 6) is 0.313. The van der Waals surface area contributed by atoms with Gasteiger partial charge in [-0.25, -0.2) is 0 Å². The quantitative estimate of drug-likeness (QED) is 0.750. The van der Waals surface area contributed by atoms with Crippen molar-refractivity contribution in [2.45, 2.75) is 45.3 Å². The Morgan fingerprint density at radius 3 is 2.72 bits per heavy atom. The lowest BCUT2D eigenvalue weighted by atomic mass is 9.69. The van der Waals surface area contributed by atoms with Gasteiger partial charge in [0.2, 0.25) is 0 Å². The highest BCUT2D eigenvalue weighted by atomic mass is 16.5. The molecule has 18 heavy (non-hydrogen) atoms. The van der Waals surface area contributed by atoms with Gasteiger partial charge in [0, 0.05) is 20.2 Å². The maximum atomic E-state index is 10.4. The fourth-order valence-electron chi connectivity index (χ4n) is 3.03. The van der Waals surface area contributed by atoms with E-state index in [-0.39, 0.29) is 11.5 Å². The number of hydrogen-bond donors (Lipinski definition) is 2. The van der Waals surface area contributed by atoms with E-state index in [1.165, 1.54) is 6.42 Å². The molecule has 1 fully saturated rings. The van der Waals surface area contributed by atoms with Crippen molar-refractivity contribution in [1.29, 1.82) is 0 Å². The molecule has 2 N–H and O–H groups in total. The third-order valence-electron chi connectivity index (χ3n) is 4.07. The molecule has 0 aliphatic heterocycles. The van der Waals surface area contributed by atoms with Gasteiger partial charge in [-0.1, -0.05) is 20.3 Å². The first-order valence-corrected chi connectivity index (χ1v) is 6.90. The second kappa shape index (κ2) is 6.85. The largest absolute Gasteiger partial charge is 0.392 e. The van der Waals surface area contributed by atoms with Gasteiger partial charge >= 0.3 is 0 Å². The molecule has 4 heteroatoms. The first-order valence-electron chi connectivity index (χ1n) is 6.90. The summed E-state index contributed by atoms with van der Waals surface area (Å²) in [7, 11) is 3.59. The van der Waals surface area contributed by atoms with Crippen molar-refractivity contribution >= 4 is 0 Å². The minimum atomic E-state index is -0.450. The van der Waals surface area contributed by atoms with Crippen LogP contribution in [0.5, 0.6) is 0 Å². The predicted molar refractivity (Wildman–Crippen MR) is 72.5 cm³/mol. The van der Waals surface area contributed by atoms with Crippen molar-refractivity contribution in [3.05, 3.63) is 0 Å². The molecule has 0 aromatic carbocycles. The number of nitrogens with zero attached hydrogens (tertiary/aromatic N) is 1. The van der Waals surface area contributed by atoms with E-state index in [1.807, 2.05) is 7.05 Å². The van der Waals surface area contributed by atoms with Crippen LogP contribution in [-0.2, 0) is 4.74 Å². The molecule has 0 saturated heterocycles. The molecule has 0 amide bonds. The summed E-state index contributed by atoms with van der Waals surface area (Å²) in [6.07, 6.45) is 2.67. The molecule has 3 unspecified atom stereocenters. The van der Waals surface area contributed by atoms with Gasteiger partial charge in [0.1, 0.15) is 0 Å². The lowest BCUT2D eigenvalue weighted by Gasteiger charge is -2.42. The highest BCUT2D eigenvalue weighted by Crippen LogP contribution is 2.39. The topological polar surface area (TPSA) is 52.9 Å². The second-order valence-corrected chi connectivity index (χ2v) is 6.42.